The lowest BCUT2D eigenvalue weighted by molar-refractivity contribution is -0.103. The van der Waals surface area contributed by atoms with E-state index in [9.17, 15) is 0 Å². The van der Waals surface area contributed by atoms with E-state index in [4.69, 9.17) is 0 Å². The van der Waals surface area contributed by atoms with Crippen LogP contribution in [0.4, 0.5) is 0 Å². The molecule has 0 saturated heterocycles. The van der Waals surface area contributed by atoms with Gasteiger partial charge < -0.3 is 0 Å². The van der Waals surface area contributed by atoms with Crippen LogP contribution in [0, 0.1) is 34.5 Å². The summed E-state index contributed by atoms with van der Waals surface area (Å²) in [4.78, 5) is 0. The first-order chi connectivity index (χ1) is 9.13. The lowest BCUT2D eigenvalue weighted by Crippen LogP contribution is -2.51. The van der Waals surface area contributed by atoms with Gasteiger partial charge in [0, 0.05) is 0 Å². The Labute approximate surface area is 131 Å². The molecule has 1 unspecified atom stereocenters. The van der Waals surface area contributed by atoms with Crippen molar-refractivity contribution < 1.29 is 0 Å². The van der Waals surface area contributed by atoms with Gasteiger partial charge in [-0.3, -0.25) is 0 Å². The molecule has 1 heteroatoms. The zero-order chi connectivity index (χ0) is 13.1. The molecule has 0 aromatic heterocycles. The molecular formula is C19H33Cl. The fourth-order valence-electron chi connectivity index (χ4n) is 7.29. The molecule has 4 rings (SSSR count). The molecule has 0 bridgehead atoms. The van der Waals surface area contributed by atoms with Crippen molar-refractivity contribution in [3.8, 4) is 0 Å². The third-order valence-corrected chi connectivity index (χ3v) is 8.36. The van der Waals surface area contributed by atoms with Crippen molar-refractivity contribution in [1.29, 1.82) is 0 Å². The minimum absolute atomic E-state index is 0. The molecule has 4 aliphatic carbocycles. The summed E-state index contributed by atoms with van der Waals surface area (Å²) in [6, 6.07) is 0. The van der Waals surface area contributed by atoms with E-state index in [1.807, 2.05) is 0 Å². The van der Waals surface area contributed by atoms with Crippen LogP contribution in [0.2, 0.25) is 0 Å². The number of hydrogen-bond donors (Lipinski definition) is 0. The molecule has 4 saturated carbocycles. The highest BCUT2D eigenvalue weighted by Crippen LogP contribution is 2.66. The molecule has 0 spiro atoms. The van der Waals surface area contributed by atoms with E-state index < -0.39 is 0 Å². The monoisotopic (exact) mass is 296 g/mol. The minimum atomic E-state index is 0. The predicted octanol–water partition coefficient (Wildman–Crippen LogP) is 6.23. The van der Waals surface area contributed by atoms with Crippen LogP contribution in [-0.2, 0) is 0 Å². The summed E-state index contributed by atoms with van der Waals surface area (Å²) in [7, 11) is 0. The van der Waals surface area contributed by atoms with Gasteiger partial charge in [0.05, 0.1) is 0 Å². The topological polar surface area (TPSA) is 0 Å². The van der Waals surface area contributed by atoms with Crippen LogP contribution in [0.5, 0.6) is 0 Å². The van der Waals surface area contributed by atoms with Gasteiger partial charge in [-0.05, 0) is 85.9 Å². The Balaban J connectivity index is 0.00000121. The maximum atomic E-state index is 2.70. The summed E-state index contributed by atoms with van der Waals surface area (Å²) in [6.45, 7) is 5.33. The highest BCUT2D eigenvalue weighted by molar-refractivity contribution is 5.85. The average molecular weight is 297 g/mol. The highest BCUT2D eigenvalue weighted by atomic mass is 35.5. The second-order valence-corrected chi connectivity index (χ2v) is 8.99. The molecule has 4 aliphatic rings. The Morgan fingerprint density at radius 3 is 2.40 bits per heavy atom. The second kappa shape index (κ2) is 5.18. The van der Waals surface area contributed by atoms with Crippen molar-refractivity contribution >= 4 is 12.4 Å². The summed E-state index contributed by atoms with van der Waals surface area (Å²) >= 11 is 0. The number of hydrogen-bond acceptors (Lipinski definition) is 0. The van der Waals surface area contributed by atoms with E-state index in [1.165, 1.54) is 19.3 Å². The number of rotatable bonds is 0. The van der Waals surface area contributed by atoms with Crippen molar-refractivity contribution in [1.82, 2.24) is 0 Å². The average Bonchev–Trinajstić information content (AvgIpc) is 2.79. The highest BCUT2D eigenvalue weighted by Gasteiger charge is 2.56. The molecule has 0 aliphatic heterocycles. The molecule has 4 fully saturated rings. The molecule has 0 aromatic rings. The number of fused-ring (bicyclic) bond motifs is 5. The van der Waals surface area contributed by atoms with Crippen molar-refractivity contribution in [2.45, 2.75) is 84.5 Å². The van der Waals surface area contributed by atoms with Crippen LogP contribution < -0.4 is 0 Å². The maximum absolute atomic E-state index is 2.70. The summed E-state index contributed by atoms with van der Waals surface area (Å²) in [5.74, 6) is 4.41. The quantitative estimate of drug-likeness (QED) is 0.497. The Hall–Kier alpha value is 0.290. The molecule has 0 nitrogen and oxygen atoms in total. The first-order valence-corrected chi connectivity index (χ1v) is 9.13. The maximum Gasteiger partial charge on any atom is -0.0266 e. The smallest absolute Gasteiger partial charge is 0.0266 e. The van der Waals surface area contributed by atoms with Gasteiger partial charge in [0.15, 0.2) is 0 Å². The molecular weight excluding hydrogens is 264 g/mol. The zero-order valence-electron chi connectivity index (χ0n) is 13.5. The molecule has 20 heavy (non-hydrogen) atoms. The summed E-state index contributed by atoms with van der Waals surface area (Å²) in [6.07, 6.45) is 17.1. The Kier molecular flexibility index (Phi) is 3.94. The van der Waals surface area contributed by atoms with Crippen molar-refractivity contribution in [3.63, 3.8) is 0 Å². The Bertz CT molecular complexity index is 365. The van der Waals surface area contributed by atoms with E-state index in [0.717, 1.165) is 34.5 Å². The number of halogens is 1. The van der Waals surface area contributed by atoms with E-state index in [0.29, 0.717) is 0 Å². The third kappa shape index (κ3) is 2.00. The molecule has 6 atom stereocenters. The van der Waals surface area contributed by atoms with Crippen LogP contribution in [0.15, 0.2) is 0 Å². The molecule has 0 amide bonds. The van der Waals surface area contributed by atoms with Crippen LogP contribution in [0.1, 0.15) is 84.5 Å². The molecule has 0 radical (unpaired) electrons. The first-order valence-electron chi connectivity index (χ1n) is 9.13. The largest absolute Gasteiger partial charge is 0.147 e. The van der Waals surface area contributed by atoms with Crippen LogP contribution in [0.25, 0.3) is 0 Å². The Morgan fingerprint density at radius 1 is 0.700 bits per heavy atom. The second-order valence-electron chi connectivity index (χ2n) is 8.99. The fourth-order valence-corrected chi connectivity index (χ4v) is 7.29. The SMILES string of the molecule is C[C@@]12CCC[C@H]1[C@@H]1CCC3CCCC[C@]3(C)[C@H]1CC2.Cl. The van der Waals surface area contributed by atoms with Gasteiger partial charge >= 0.3 is 0 Å². The summed E-state index contributed by atoms with van der Waals surface area (Å²) in [5, 5.41) is 0. The van der Waals surface area contributed by atoms with Gasteiger partial charge in [0.2, 0.25) is 0 Å². The molecule has 0 aromatic carbocycles. The normalized spacial score (nSPS) is 54.3. The van der Waals surface area contributed by atoms with Crippen LogP contribution >= 0.6 is 12.4 Å². The van der Waals surface area contributed by atoms with Crippen LogP contribution in [-0.4, -0.2) is 0 Å². The molecule has 0 N–H and O–H groups in total. The molecule has 0 heterocycles. The van der Waals surface area contributed by atoms with Gasteiger partial charge in [0.25, 0.3) is 0 Å². The lowest BCUT2D eigenvalue weighted by Gasteiger charge is -2.60. The lowest BCUT2D eigenvalue weighted by atomic mass is 9.45. The predicted molar refractivity (Wildman–Crippen MR) is 88.2 cm³/mol. The van der Waals surface area contributed by atoms with Crippen molar-refractivity contribution in [2.24, 2.45) is 34.5 Å². The van der Waals surface area contributed by atoms with E-state index in [1.54, 1.807) is 51.4 Å². The van der Waals surface area contributed by atoms with E-state index in [-0.39, 0.29) is 12.4 Å². The van der Waals surface area contributed by atoms with E-state index >= 15 is 0 Å². The summed E-state index contributed by atoms with van der Waals surface area (Å²) in [5.41, 5.74) is 1.49. The standard InChI is InChI=1S/C19H32.ClH/c1-18-11-5-7-16(18)15-9-8-14-6-3-4-12-19(14,2)17(15)10-13-18;/h14-17H,3-13H2,1-2H3;1H/t14?,15-,16-,17-,18-,19-;/m0./s1. The zero-order valence-corrected chi connectivity index (χ0v) is 14.3. The van der Waals surface area contributed by atoms with Crippen molar-refractivity contribution in [2.75, 3.05) is 0 Å². The first kappa shape index (κ1) is 15.2. The van der Waals surface area contributed by atoms with Crippen molar-refractivity contribution in [3.05, 3.63) is 0 Å². The van der Waals surface area contributed by atoms with Gasteiger partial charge in [-0.25, -0.2) is 0 Å². The third-order valence-electron chi connectivity index (χ3n) is 8.36. The van der Waals surface area contributed by atoms with E-state index in [2.05, 4.69) is 13.8 Å². The fraction of sp³-hybridized carbons (Fsp3) is 1.00. The summed E-state index contributed by atoms with van der Waals surface area (Å²) < 4.78 is 0. The van der Waals surface area contributed by atoms with Gasteiger partial charge in [-0.2, -0.15) is 0 Å². The van der Waals surface area contributed by atoms with Gasteiger partial charge in [0.1, 0.15) is 0 Å². The molecule has 116 valence electrons. The van der Waals surface area contributed by atoms with Gasteiger partial charge in [-0.15, -0.1) is 12.4 Å². The van der Waals surface area contributed by atoms with Crippen LogP contribution in [0.3, 0.4) is 0 Å². The van der Waals surface area contributed by atoms with Gasteiger partial charge in [-0.1, -0.05) is 33.1 Å². The Morgan fingerprint density at radius 2 is 1.55 bits per heavy atom. The minimum Gasteiger partial charge on any atom is -0.147 e.